The predicted octanol–water partition coefficient (Wildman–Crippen LogP) is 12.6. The van der Waals surface area contributed by atoms with Crippen LogP contribution >= 0.6 is 0 Å². The van der Waals surface area contributed by atoms with Gasteiger partial charge in [-0.05, 0) is 69.1 Å². The van der Waals surface area contributed by atoms with E-state index in [0.717, 1.165) is 87.9 Å². The molecule has 0 aliphatic heterocycles. The van der Waals surface area contributed by atoms with Crippen LogP contribution in [-0.2, 0) is 0 Å². The first-order valence-electron chi connectivity index (χ1n) is 17.4. The Morgan fingerprint density at radius 3 is 1.71 bits per heavy atom. The summed E-state index contributed by atoms with van der Waals surface area (Å²) >= 11 is 0. The molecule has 0 amide bonds. The minimum atomic E-state index is 0.580. The van der Waals surface area contributed by atoms with E-state index in [1.807, 2.05) is 72.8 Å². The molecule has 0 bridgehead atoms. The average Bonchev–Trinajstić information content (AvgIpc) is 3.79. The molecule has 0 fully saturated rings. The number of hydrogen-bond acceptors (Lipinski definition) is 5. The molecule has 0 spiro atoms. The van der Waals surface area contributed by atoms with Crippen LogP contribution in [0.25, 0.3) is 111 Å². The molecule has 52 heavy (non-hydrogen) atoms. The number of nitrogens with zero attached hydrogens (tertiary/aromatic N) is 3. The summed E-state index contributed by atoms with van der Waals surface area (Å²) < 4.78 is 12.9. The first-order valence-corrected chi connectivity index (χ1v) is 17.4. The van der Waals surface area contributed by atoms with Crippen molar-refractivity contribution in [3.63, 3.8) is 0 Å². The standard InChI is InChI=1S/C47H27N3O2/c1-2-12-28(13-3-1)45-48-46(50-47(49-45)38-26-29-14-4-5-15-31(29)33-16-6-7-17-34(33)38)37-20-11-23-41-44(37)43-32(19-10-22-40(43)52-41)30-24-25-36-35-18-8-9-21-39(35)51-42(36)27-30/h1-27H. The quantitative estimate of drug-likeness (QED) is 0.175. The van der Waals surface area contributed by atoms with Crippen molar-refractivity contribution in [3.05, 3.63) is 164 Å². The Balaban J connectivity index is 1.18. The summed E-state index contributed by atoms with van der Waals surface area (Å²) in [6.45, 7) is 0. The molecule has 242 valence electrons. The Bertz CT molecular complexity index is 3190. The molecular weight excluding hydrogens is 639 g/mol. The lowest BCUT2D eigenvalue weighted by molar-refractivity contribution is 0.668. The SMILES string of the molecule is c1ccc(-c2nc(-c3cc4ccccc4c4ccccc34)nc(-c3cccc4oc5cccc(-c6ccc7c(c6)oc6ccccc67)c5c34)n2)cc1. The number of rotatable bonds is 4. The van der Waals surface area contributed by atoms with E-state index in [-0.39, 0.29) is 0 Å². The normalized spacial score (nSPS) is 11.8. The molecule has 0 saturated heterocycles. The lowest BCUT2D eigenvalue weighted by Crippen LogP contribution is -2.01. The van der Waals surface area contributed by atoms with Crippen LogP contribution in [0.3, 0.4) is 0 Å². The third kappa shape index (κ3) is 4.39. The van der Waals surface area contributed by atoms with Crippen LogP contribution in [0.5, 0.6) is 0 Å². The lowest BCUT2D eigenvalue weighted by Gasteiger charge is -2.13. The van der Waals surface area contributed by atoms with Gasteiger partial charge in [-0.25, -0.2) is 15.0 Å². The number of fused-ring (bicyclic) bond motifs is 9. The maximum absolute atomic E-state index is 6.55. The molecule has 5 nitrogen and oxygen atoms in total. The fourth-order valence-electron chi connectivity index (χ4n) is 7.76. The average molecular weight is 666 g/mol. The van der Waals surface area contributed by atoms with Gasteiger partial charge in [-0.15, -0.1) is 0 Å². The molecule has 0 N–H and O–H groups in total. The second kappa shape index (κ2) is 11.2. The number of furan rings is 2. The van der Waals surface area contributed by atoms with Crippen molar-refractivity contribution < 1.29 is 8.83 Å². The number of hydrogen-bond donors (Lipinski definition) is 0. The molecule has 0 unspecified atom stereocenters. The molecule has 11 rings (SSSR count). The Labute approximate surface area is 297 Å². The first-order chi connectivity index (χ1) is 25.8. The van der Waals surface area contributed by atoms with Gasteiger partial charge in [0.2, 0.25) is 0 Å². The fraction of sp³-hybridized carbons (Fsp3) is 0. The molecular formula is C47H27N3O2. The predicted molar refractivity (Wildman–Crippen MR) is 211 cm³/mol. The van der Waals surface area contributed by atoms with Gasteiger partial charge in [-0.1, -0.05) is 127 Å². The van der Waals surface area contributed by atoms with Crippen LogP contribution in [0.4, 0.5) is 0 Å². The summed E-state index contributed by atoms with van der Waals surface area (Å²) in [7, 11) is 0. The molecule has 3 aromatic heterocycles. The highest BCUT2D eigenvalue weighted by atomic mass is 16.3. The van der Waals surface area contributed by atoms with Gasteiger partial charge in [0.05, 0.1) is 0 Å². The van der Waals surface area contributed by atoms with E-state index in [9.17, 15) is 0 Å². The summed E-state index contributed by atoms with van der Waals surface area (Å²) in [5, 5.41) is 8.74. The zero-order valence-electron chi connectivity index (χ0n) is 27.7. The maximum Gasteiger partial charge on any atom is 0.164 e. The summed E-state index contributed by atoms with van der Waals surface area (Å²) in [6.07, 6.45) is 0. The van der Waals surface area contributed by atoms with E-state index in [1.54, 1.807) is 0 Å². The van der Waals surface area contributed by atoms with Gasteiger partial charge in [0.25, 0.3) is 0 Å². The monoisotopic (exact) mass is 665 g/mol. The molecule has 3 heterocycles. The Hall–Kier alpha value is -7.11. The van der Waals surface area contributed by atoms with Crippen molar-refractivity contribution in [3.8, 4) is 45.3 Å². The third-order valence-corrected chi connectivity index (χ3v) is 10.1. The minimum absolute atomic E-state index is 0.580. The zero-order chi connectivity index (χ0) is 34.2. The van der Waals surface area contributed by atoms with Gasteiger partial charge in [0.1, 0.15) is 22.3 Å². The van der Waals surface area contributed by atoms with E-state index in [2.05, 4.69) is 91.0 Å². The Morgan fingerprint density at radius 1 is 0.308 bits per heavy atom. The van der Waals surface area contributed by atoms with Crippen molar-refractivity contribution in [2.75, 3.05) is 0 Å². The van der Waals surface area contributed by atoms with E-state index in [1.165, 1.54) is 5.39 Å². The van der Waals surface area contributed by atoms with Crippen molar-refractivity contribution >= 4 is 65.4 Å². The highest BCUT2D eigenvalue weighted by Crippen LogP contribution is 2.43. The second-order valence-electron chi connectivity index (χ2n) is 13.1. The topological polar surface area (TPSA) is 65.0 Å². The summed E-state index contributed by atoms with van der Waals surface area (Å²) in [6, 6.07) is 56.2. The molecule has 0 radical (unpaired) electrons. The molecule has 0 aliphatic carbocycles. The van der Waals surface area contributed by atoms with Crippen LogP contribution in [0.2, 0.25) is 0 Å². The van der Waals surface area contributed by atoms with Crippen LogP contribution < -0.4 is 0 Å². The smallest absolute Gasteiger partial charge is 0.164 e. The third-order valence-electron chi connectivity index (χ3n) is 10.1. The van der Waals surface area contributed by atoms with Gasteiger partial charge in [0.15, 0.2) is 17.5 Å². The summed E-state index contributed by atoms with van der Waals surface area (Å²) in [4.78, 5) is 15.6. The molecule has 5 heteroatoms. The van der Waals surface area contributed by atoms with Gasteiger partial charge in [-0.3, -0.25) is 0 Å². The van der Waals surface area contributed by atoms with Crippen molar-refractivity contribution in [1.82, 2.24) is 15.0 Å². The largest absolute Gasteiger partial charge is 0.456 e. The maximum atomic E-state index is 6.55. The van der Waals surface area contributed by atoms with Crippen molar-refractivity contribution in [2.45, 2.75) is 0 Å². The fourth-order valence-corrected chi connectivity index (χ4v) is 7.76. The number of para-hydroxylation sites is 1. The molecule has 8 aromatic carbocycles. The van der Waals surface area contributed by atoms with E-state index in [0.29, 0.717) is 17.5 Å². The summed E-state index contributed by atoms with van der Waals surface area (Å²) in [5.74, 6) is 1.81. The van der Waals surface area contributed by atoms with Crippen LogP contribution in [0.15, 0.2) is 173 Å². The highest BCUT2D eigenvalue weighted by molar-refractivity contribution is 6.18. The Kier molecular flexibility index (Phi) is 6.18. The van der Waals surface area contributed by atoms with E-state index in [4.69, 9.17) is 23.8 Å². The molecule has 0 atom stereocenters. The highest BCUT2D eigenvalue weighted by Gasteiger charge is 2.21. The van der Waals surface area contributed by atoms with Crippen LogP contribution in [0.1, 0.15) is 0 Å². The van der Waals surface area contributed by atoms with Crippen LogP contribution in [-0.4, -0.2) is 15.0 Å². The second-order valence-corrected chi connectivity index (χ2v) is 13.1. The van der Waals surface area contributed by atoms with Crippen molar-refractivity contribution in [2.24, 2.45) is 0 Å². The van der Waals surface area contributed by atoms with E-state index < -0.39 is 0 Å². The van der Waals surface area contributed by atoms with Gasteiger partial charge < -0.3 is 8.83 Å². The van der Waals surface area contributed by atoms with Gasteiger partial charge in [-0.2, -0.15) is 0 Å². The van der Waals surface area contributed by atoms with Gasteiger partial charge >= 0.3 is 0 Å². The molecule has 11 aromatic rings. The van der Waals surface area contributed by atoms with Crippen LogP contribution in [0, 0.1) is 0 Å². The molecule has 0 saturated carbocycles. The minimum Gasteiger partial charge on any atom is -0.456 e. The number of benzene rings is 8. The van der Waals surface area contributed by atoms with Gasteiger partial charge in [0, 0.05) is 38.2 Å². The lowest BCUT2D eigenvalue weighted by atomic mass is 9.96. The Morgan fingerprint density at radius 2 is 0.885 bits per heavy atom. The van der Waals surface area contributed by atoms with Crippen molar-refractivity contribution in [1.29, 1.82) is 0 Å². The molecule has 0 aliphatic rings. The summed E-state index contributed by atoms with van der Waals surface area (Å²) in [5.41, 5.74) is 8.12. The first kappa shape index (κ1) is 28.7. The van der Waals surface area contributed by atoms with E-state index >= 15 is 0 Å². The number of aromatic nitrogens is 3. The zero-order valence-corrected chi connectivity index (χ0v) is 27.7.